The highest BCUT2D eigenvalue weighted by atomic mass is 32.2. The van der Waals surface area contributed by atoms with Crippen LogP contribution in [0.25, 0.3) is 33.5 Å². The van der Waals surface area contributed by atoms with Gasteiger partial charge in [-0.05, 0) is 37.6 Å². The van der Waals surface area contributed by atoms with Crippen molar-refractivity contribution in [2.75, 3.05) is 14.1 Å². The molecule has 0 aliphatic rings. The fourth-order valence-electron chi connectivity index (χ4n) is 3.47. The van der Waals surface area contributed by atoms with Crippen molar-refractivity contribution in [2.45, 2.75) is 24.0 Å². The molecular formula is C24H24N4O3S. The zero-order valence-electron chi connectivity index (χ0n) is 18.3. The van der Waals surface area contributed by atoms with Crippen LogP contribution in [0.15, 0.2) is 65.8 Å². The zero-order valence-corrected chi connectivity index (χ0v) is 19.1. The van der Waals surface area contributed by atoms with Crippen LogP contribution in [0.1, 0.15) is 24.2 Å². The molecule has 0 aliphatic carbocycles. The lowest BCUT2D eigenvalue weighted by Crippen LogP contribution is -2.22. The lowest BCUT2D eigenvalue weighted by atomic mass is 10.0. The number of amides is 1. The highest BCUT2D eigenvalue weighted by Crippen LogP contribution is 2.31. The molecule has 164 valence electrons. The van der Waals surface area contributed by atoms with Gasteiger partial charge in [-0.2, -0.15) is 0 Å². The van der Waals surface area contributed by atoms with Gasteiger partial charge in [0, 0.05) is 37.0 Å². The quantitative estimate of drug-likeness (QED) is 0.494. The molecule has 0 spiro atoms. The van der Waals surface area contributed by atoms with Gasteiger partial charge in [-0.15, -0.1) is 0 Å². The van der Waals surface area contributed by atoms with Gasteiger partial charge in [0.2, 0.25) is 0 Å². The van der Waals surface area contributed by atoms with Gasteiger partial charge >= 0.3 is 0 Å². The fourth-order valence-corrected chi connectivity index (χ4v) is 4.53. The average Bonchev–Trinajstić information content (AvgIpc) is 3.21. The first kappa shape index (κ1) is 21.7. The van der Waals surface area contributed by atoms with Gasteiger partial charge in [0.15, 0.2) is 15.5 Å². The molecule has 4 rings (SSSR count). The molecule has 0 unspecified atom stereocenters. The van der Waals surface area contributed by atoms with Crippen LogP contribution >= 0.6 is 0 Å². The first-order valence-corrected chi connectivity index (χ1v) is 11.7. The topological polar surface area (TPSA) is 96.0 Å². The molecule has 0 saturated carbocycles. The summed E-state index contributed by atoms with van der Waals surface area (Å²) in [6.45, 7) is 3.32. The van der Waals surface area contributed by atoms with Crippen molar-refractivity contribution in [2.24, 2.45) is 0 Å². The predicted molar refractivity (Wildman–Crippen MR) is 125 cm³/mol. The third-order valence-corrected chi connectivity index (χ3v) is 7.50. The second kappa shape index (κ2) is 8.20. The number of nitrogens with zero attached hydrogens (tertiary/aromatic N) is 3. The normalized spacial score (nSPS) is 11.8. The number of H-pyrrole nitrogens is 1. The number of rotatable bonds is 5. The van der Waals surface area contributed by atoms with Crippen LogP contribution in [0.4, 0.5) is 0 Å². The molecule has 2 aromatic carbocycles. The van der Waals surface area contributed by atoms with Gasteiger partial charge in [0.05, 0.1) is 22.0 Å². The summed E-state index contributed by atoms with van der Waals surface area (Å²) in [4.78, 5) is 26.9. The Kier molecular flexibility index (Phi) is 5.56. The number of benzene rings is 2. The Morgan fingerprint density at radius 3 is 2.34 bits per heavy atom. The van der Waals surface area contributed by atoms with E-state index in [0.29, 0.717) is 22.4 Å². The maximum atomic E-state index is 12.7. The molecule has 4 aromatic rings. The van der Waals surface area contributed by atoms with Crippen molar-refractivity contribution in [3.05, 3.63) is 66.5 Å². The molecule has 0 fully saturated rings. The number of carbonyl (C=O) groups excluding carboxylic acids is 1. The molecular weight excluding hydrogens is 424 g/mol. The highest BCUT2D eigenvalue weighted by Gasteiger charge is 2.20. The van der Waals surface area contributed by atoms with E-state index in [0.717, 1.165) is 16.7 Å². The van der Waals surface area contributed by atoms with Gasteiger partial charge in [-0.3, -0.25) is 4.79 Å². The maximum Gasteiger partial charge on any atom is 0.253 e. The summed E-state index contributed by atoms with van der Waals surface area (Å²) in [6, 6.07) is 14.1. The lowest BCUT2D eigenvalue weighted by Gasteiger charge is -2.13. The van der Waals surface area contributed by atoms with E-state index in [-0.39, 0.29) is 10.8 Å². The Morgan fingerprint density at radius 1 is 1.00 bits per heavy atom. The standard InChI is InChI=1S/C24H24N4O3S/c1-15(2)32(30,31)17-11-9-16(10-12-17)21-14-26-23-22(27-21)20(13-25-23)18-7-5-6-8-19(18)24(29)28(3)4/h5-15H,1-4H3,(H,25,26). The molecule has 2 aromatic heterocycles. The van der Waals surface area contributed by atoms with E-state index in [1.54, 1.807) is 70.7 Å². The van der Waals surface area contributed by atoms with Gasteiger partial charge in [0.25, 0.3) is 5.91 Å². The molecule has 0 atom stereocenters. The fraction of sp³-hybridized carbons (Fsp3) is 0.208. The summed E-state index contributed by atoms with van der Waals surface area (Å²) in [5.41, 5.74) is 4.74. The smallest absolute Gasteiger partial charge is 0.253 e. The number of fused-ring (bicyclic) bond motifs is 1. The van der Waals surface area contributed by atoms with Gasteiger partial charge in [-0.1, -0.05) is 30.3 Å². The molecule has 0 saturated heterocycles. The van der Waals surface area contributed by atoms with Gasteiger partial charge < -0.3 is 9.88 Å². The van der Waals surface area contributed by atoms with Crippen molar-refractivity contribution >= 4 is 26.9 Å². The minimum atomic E-state index is -3.34. The van der Waals surface area contributed by atoms with E-state index in [2.05, 4.69) is 9.97 Å². The second-order valence-electron chi connectivity index (χ2n) is 8.02. The summed E-state index contributed by atoms with van der Waals surface area (Å²) < 4.78 is 24.8. The number of carbonyl (C=O) groups is 1. The number of nitrogens with one attached hydrogen (secondary N) is 1. The van der Waals surface area contributed by atoms with Crippen molar-refractivity contribution in [3.63, 3.8) is 0 Å². The van der Waals surface area contributed by atoms with E-state index < -0.39 is 15.1 Å². The van der Waals surface area contributed by atoms with Crippen molar-refractivity contribution in [3.8, 4) is 22.4 Å². The van der Waals surface area contributed by atoms with Crippen LogP contribution in [0.2, 0.25) is 0 Å². The third-order valence-electron chi connectivity index (χ3n) is 5.33. The average molecular weight is 449 g/mol. The predicted octanol–water partition coefficient (Wildman–Crippen LogP) is 4.18. The first-order valence-electron chi connectivity index (χ1n) is 10.2. The molecule has 7 nitrogen and oxygen atoms in total. The second-order valence-corrected chi connectivity index (χ2v) is 10.5. The monoisotopic (exact) mass is 448 g/mol. The van der Waals surface area contributed by atoms with E-state index in [1.807, 2.05) is 18.2 Å². The summed E-state index contributed by atoms with van der Waals surface area (Å²) in [5.74, 6) is -0.0963. The molecule has 2 heterocycles. The van der Waals surface area contributed by atoms with Gasteiger partial charge in [0.1, 0.15) is 5.52 Å². The van der Waals surface area contributed by atoms with Crippen LogP contribution in [-0.4, -0.2) is 53.5 Å². The minimum Gasteiger partial charge on any atom is -0.345 e. The van der Waals surface area contributed by atoms with E-state index >= 15 is 0 Å². The Labute approximate surface area is 187 Å². The van der Waals surface area contributed by atoms with Crippen LogP contribution in [-0.2, 0) is 9.84 Å². The number of aromatic amines is 1. The van der Waals surface area contributed by atoms with Crippen molar-refractivity contribution in [1.82, 2.24) is 19.9 Å². The lowest BCUT2D eigenvalue weighted by molar-refractivity contribution is 0.0828. The molecule has 1 N–H and O–H groups in total. The molecule has 32 heavy (non-hydrogen) atoms. The Bertz CT molecular complexity index is 1400. The molecule has 0 radical (unpaired) electrons. The molecule has 1 amide bonds. The van der Waals surface area contributed by atoms with Crippen LogP contribution in [0, 0.1) is 0 Å². The number of hydrogen-bond donors (Lipinski definition) is 1. The van der Waals surface area contributed by atoms with Crippen molar-refractivity contribution in [1.29, 1.82) is 0 Å². The molecule has 0 aliphatic heterocycles. The number of aromatic nitrogens is 3. The van der Waals surface area contributed by atoms with E-state index in [1.165, 1.54) is 4.90 Å². The largest absolute Gasteiger partial charge is 0.345 e. The summed E-state index contributed by atoms with van der Waals surface area (Å²) in [5, 5.41) is -0.489. The SMILES string of the molecule is CC(C)S(=O)(=O)c1ccc(-c2cnc3[nH]cc(-c4ccccc4C(=O)N(C)C)c3n2)cc1. The summed E-state index contributed by atoms with van der Waals surface area (Å²) in [7, 11) is 0.0941. The summed E-state index contributed by atoms with van der Waals surface area (Å²) >= 11 is 0. The molecule has 8 heteroatoms. The third kappa shape index (κ3) is 3.78. The number of sulfone groups is 1. The maximum absolute atomic E-state index is 12.7. The van der Waals surface area contributed by atoms with Crippen molar-refractivity contribution < 1.29 is 13.2 Å². The highest BCUT2D eigenvalue weighted by molar-refractivity contribution is 7.92. The minimum absolute atomic E-state index is 0.0963. The summed E-state index contributed by atoms with van der Waals surface area (Å²) in [6.07, 6.45) is 3.44. The Hall–Kier alpha value is -3.52. The zero-order chi connectivity index (χ0) is 23.0. The van der Waals surface area contributed by atoms with Gasteiger partial charge in [-0.25, -0.2) is 18.4 Å². The number of hydrogen-bond acceptors (Lipinski definition) is 5. The first-order chi connectivity index (χ1) is 15.2. The molecule has 0 bridgehead atoms. The Balaban J connectivity index is 1.80. The van der Waals surface area contributed by atoms with Crippen LogP contribution < -0.4 is 0 Å². The Morgan fingerprint density at radius 2 is 1.69 bits per heavy atom. The van der Waals surface area contributed by atoms with E-state index in [4.69, 9.17) is 4.98 Å². The van der Waals surface area contributed by atoms with E-state index in [9.17, 15) is 13.2 Å². The van der Waals surface area contributed by atoms with Crippen LogP contribution in [0.5, 0.6) is 0 Å². The van der Waals surface area contributed by atoms with Crippen LogP contribution in [0.3, 0.4) is 0 Å².